The molecule has 9 heteroatoms. The van der Waals surface area contributed by atoms with Gasteiger partial charge in [0.2, 0.25) is 0 Å². The second kappa shape index (κ2) is 8.71. The van der Waals surface area contributed by atoms with Crippen LogP contribution in [0.25, 0.3) is 5.70 Å². The number of rotatable bonds is 3. The first-order chi connectivity index (χ1) is 18.3. The van der Waals surface area contributed by atoms with Crippen LogP contribution < -0.4 is 21.3 Å². The summed E-state index contributed by atoms with van der Waals surface area (Å²) < 4.78 is 8.01. The van der Waals surface area contributed by atoms with Crippen LogP contribution in [-0.2, 0) is 14.1 Å². The monoisotopic (exact) mass is 525 g/mol. The van der Waals surface area contributed by atoms with Crippen molar-refractivity contribution >= 4 is 34.9 Å². The molecule has 0 spiro atoms. The third-order valence-electron chi connectivity index (χ3n) is 6.96. The Kier molecular flexibility index (Phi) is 5.43. The lowest BCUT2D eigenvalue weighted by Gasteiger charge is -2.29. The topological polar surface area (TPSA) is 99.4 Å². The van der Waals surface area contributed by atoms with Gasteiger partial charge in [-0.05, 0) is 42.0 Å². The fourth-order valence-corrected chi connectivity index (χ4v) is 5.23. The summed E-state index contributed by atoms with van der Waals surface area (Å²) in [5, 5.41) is 3.70. The number of carbonyl (C=O) groups excluding carboxylic acids is 2. The highest BCUT2D eigenvalue weighted by Gasteiger charge is 2.42. The van der Waals surface area contributed by atoms with E-state index in [4.69, 9.17) is 16.3 Å². The molecular weight excluding hydrogens is 506 g/mol. The van der Waals surface area contributed by atoms with Gasteiger partial charge in [-0.25, -0.2) is 9.59 Å². The number of allylic oxidation sites excluding steroid dienone is 1. The minimum Gasteiger partial charge on any atom is -0.423 e. The zero-order chi connectivity index (χ0) is 26.7. The third-order valence-corrected chi connectivity index (χ3v) is 7.21. The summed E-state index contributed by atoms with van der Waals surface area (Å²) in [6, 6.07) is 20.2. The number of ketones is 1. The van der Waals surface area contributed by atoms with Crippen molar-refractivity contribution in [2.24, 2.45) is 14.1 Å². The van der Waals surface area contributed by atoms with Gasteiger partial charge in [0.15, 0.2) is 5.78 Å². The first kappa shape index (κ1) is 23.7. The van der Waals surface area contributed by atoms with E-state index in [0.29, 0.717) is 44.4 Å². The van der Waals surface area contributed by atoms with Crippen molar-refractivity contribution in [1.29, 1.82) is 0 Å². The van der Waals surface area contributed by atoms with E-state index in [9.17, 15) is 19.2 Å². The first-order valence-corrected chi connectivity index (χ1v) is 12.2. The number of hydrogen-bond donors (Lipinski definition) is 1. The van der Waals surface area contributed by atoms with Gasteiger partial charge in [0, 0.05) is 41.7 Å². The molecule has 2 heterocycles. The molecule has 0 saturated carbocycles. The van der Waals surface area contributed by atoms with Crippen molar-refractivity contribution in [3.63, 3.8) is 0 Å². The number of nitrogens with one attached hydrogen (secondary N) is 1. The fraction of sp³-hybridized carbons (Fsp3) is 0.103. The average Bonchev–Trinajstić information content (AvgIpc) is 3.21. The van der Waals surface area contributed by atoms with Gasteiger partial charge in [0.1, 0.15) is 11.6 Å². The number of aromatic nitrogens is 2. The highest BCUT2D eigenvalue weighted by molar-refractivity contribution is 6.30. The fourth-order valence-electron chi connectivity index (χ4n) is 5.10. The molecule has 1 aliphatic heterocycles. The van der Waals surface area contributed by atoms with Crippen LogP contribution in [0.2, 0.25) is 5.02 Å². The van der Waals surface area contributed by atoms with E-state index in [0.717, 1.165) is 4.57 Å². The predicted octanol–water partition coefficient (Wildman–Crippen LogP) is 4.12. The van der Waals surface area contributed by atoms with Crippen LogP contribution in [0.5, 0.6) is 5.75 Å². The van der Waals surface area contributed by atoms with Gasteiger partial charge in [-0.15, -0.1) is 0 Å². The standard InChI is InChI=1S/C29H20ClN3O5/c1-32-26-23(27(35)33(2)29(32)37)21(22-24(31-26)19-8-3-4-9-20(19)25(22)34)16-6-5-7-18(14-16)38-28(36)15-10-12-17(30)13-11-15/h3-14,21,31H,1-2H3. The molecule has 1 N–H and O–H groups in total. The maximum absolute atomic E-state index is 13.7. The second-order valence-corrected chi connectivity index (χ2v) is 9.59. The number of hydrogen-bond acceptors (Lipinski definition) is 6. The molecule has 38 heavy (non-hydrogen) atoms. The number of Topliss-reactive ketones (excluding diaryl/α,β-unsaturated/α-hetero) is 1. The number of halogens is 1. The summed E-state index contributed by atoms with van der Waals surface area (Å²) in [4.78, 5) is 52.7. The smallest absolute Gasteiger partial charge is 0.343 e. The van der Waals surface area contributed by atoms with Crippen molar-refractivity contribution in [1.82, 2.24) is 9.13 Å². The maximum atomic E-state index is 13.7. The number of fused-ring (bicyclic) bond motifs is 3. The van der Waals surface area contributed by atoms with Gasteiger partial charge >= 0.3 is 11.7 Å². The Labute approximate surface area is 221 Å². The molecule has 0 bridgehead atoms. The molecule has 3 aromatic carbocycles. The number of carbonyl (C=O) groups is 2. The summed E-state index contributed by atoms with van der Waals surface area (Å²) in [6.45, 7) is 0. The first-order valence-electron chi connectivity index (χ1n) is 11.8. The van der Waals surface area contributed by atoms with Crippen LogP contribution >= 0.6 is 11.6 Å². The largest absolute Gasteiger partial charge is 0.423 e. The van der Waals surface area contributed by atoms with Gasteiger partial charge in [0.25, 0.3) is 5.56 Å². The lowest BCUT2D eigenvalue weighted by Crippen LogP contribution is -2.42. The molecule has 6 rings (SSSR count). The van der Waals surface area contributed by atoms with Gasteiger partial charge < -0.3 is 10.1 Å². The molecule has 8 nitrogen and oxygen atoms in total. The number of benzene rings is 3. The van der Waals surface area contributed by atoms with Gasteiger partial charge in [-0.3, -0.25) is 18.7 Å². The van der Waals surface area contributed by atoms with Crippen molar-refractivity contribution in [2.45, 2.75) is 5.92 Å². The molecule has 188 valence electrons. The van der Waals surface area contributed by atoms with E-state index in [-0.39, 0.29) is 17.1 Å². The second-order valence-electron chi connectivity index (χ2n) is 9.16. The SMILES string of the molecule is Cn1c2c(c(=O)n(C)c1=O)C(c1cccc(OC(=O)c3ccc(Cl)cc3)c1)C1=C(N2)c2ccccc2C1=O. The predicted molar refractivity (Wildman–Crippen MR) is 143 cm³/mol. The van der Waals surface area contributed by atoms with Gasteiger partial charge in [0.05, 0.1) is 16.8 Å². The Morgan fingerprint density at radius 3 is 2.34 bits per heavy atom. The molecular formula is C29H20ClN3O5. The number of esters is 1. The van der Waals surface area contributed by atoms with E-state index in [1.54, 1.807) is 67.7 Å². The molecule has 1 aromatic heterocycles. The molecule has 1 aliphatic carbocycles. The molecule has 4 aromatic rings. The lowest BCUT2D eigenvalue weighted by atomic mass is 9.81. The molecule has 0 amide bonds. The number of nitrogens with zero attached hydrogens (tertiary/aromatic N) is 2. The minimum absolute atomic E-state index is 0.210. The Hall–Kier alpha value is -4.69. The van der Waals surface area contributed by atoms with Crippen molar-refractivity contribution in [2.75, 3.05) is 5.32 Å². The van der Waals surface area contributed by atoms with Crippen LogP contribution in [0, 0.1) is 0 Å². The summed E-state index contributed by atoms with van der Waals surface area (Å²) in [6.07, 6.45) is 0. The zero-order valence-corrected chi connectivity index (χ0v) is 21.1. The highest BCUT2D eigenvalue weighted by Crippen LogP contribution is 2.48. The average molecular weight is 526 g/mol. The van der Waals surface area contributed by atoms with Crippen molar-refractivity contribution in [3.8, 4) is 5.75 Å². The highest BCUT2D eigenvalue weighted by atomic mass is 35.5. The van der Waals surface area contributed by atoms with E-state index >= 15 is 0 Å². The maximum Gasteiger partial charge on any atom is 0.343 e. The van der Waals surface area contributed by atoms with E-state index < -0.39 is 23.1 Å². The number of ether oxygens (including phenoxy) is 1. The quantitative estimate of drug-likeness (QED) is 0.319. The minimum atomic E-state index is -0.805. The Bertz CT molecular complexity index is 1830. The summed E-state index contributed by atoms with van der Waals surface area (Å²) in [5.74, 6) is -1.03. The van der Waals surface area contributed by atoms with Crippen LogP contribution in [0.15, 0.2) is 88.0 Å². The Balaban J connectivity index is 1.52. The Morgan fingerprint density at radius 1 is 0.895 bits per heavy atom. The van der Waals surface area contributed by atoms with Gasteiger partial charge in [-0.2, -0.15) is 0 Å². The summed E-state index contributed by atoms with van der Waals surface area (Å²) >= 11 is 5.92. The lowest BCUT2D eigenvalue weighted by molar-refractivity contribution is 0.0734. The van der Waals surface area contributed by atoms with Crippen LogP contribution in [0.3, 0.4) is 0 Å². The number of anilines is 1. The van der Waals surface area contributed by atoms with Gasteiger partial charge in [-0.1, -0.05) is 48.0 Å². The Morgan fingerprint density at radius 2 is 1.61 bits per heavy atom. The van der Waals surface area contributed by atoms with Crippen molar-refractivity contribution < 1.29 is 14.3 Å². The zero-order valence-electron chi connectivity index (χ0n) is 20.3. The molecule has 1 unspecified atom stereocenters. The van der Waals surface area contributed by atoms with Crippen LogP contribution in [0.4, 0.5) is 5.82 Å². The van der Waals surface area contributed by atoms with Crippen molar-refractivity contribution in [3.05, 3.63) is 132 Å². The molecule has 0 saturated heterocycles. The van der Waals surface area contributed by atoms with E-state index in [1.165, 1.54) is 11.6 Å². The van der Waals surface area contributed by atoms with E-state index in [1.807, 2.05) is 12.1 Å². The van der Waals surface area contributed by atoms with Crippen LogP contribution in [-0.4, -0.2) is 20.9 Å². The normalized spacial score (nSPS) is 15.4. The van der Waals surface area contributed by atoms with E-state index in [2.05, 4.69) is 5.32 Å². The van der Waals surface area contributed by atoms with Crippen LogP contribution in [0.1, 0.15) is 43.3 Å². The molecule has 0 fully saturated rings. The molecule has 1 atom stereocenters. The summed E-state index contributed by atoms with van der Waals surface area (Å²) in [7, 11) is 2.98. The molecule has 2 aliphatic rings. The third kappa shape index (κ3) is 3.53. The molecule has 0 radical (unpaired) electrons. The summed E-state index contributed by atoms with van der Waals surface area (Å²) in [5.41, 5.74) is 2.30.